The molecule has 3 heteroatoms. The lowest BCUT2D eigenvalue weighted by molar-refractivity contribution is 0.959. The Morgan fingerprint density at radius 3 is 2.31 bits per heavy atom. The normalized spacial score (nSPS) is 10.1. The maximum absolute atomic E-state index is 8.99. The van der Waals surface area contributed by atoms with Crippen LogP contribution in [-0.4, -0.2) is 4.57 Å². The van der Waals surface area contributed by atoms with Crippen LogP contribution in [0.5, 0.6) is 0 Å². The minimum Gasteiger partial charge on any atom is -0.317 e. The summed E-state index contributed by atoms with van der Waals surface area (Å²) in [5.74, 6) is 0. The first-order valence-corrected chi connectivity index (χ1v) is 5.78. The van der Waals surface area contributed by atoms with Crippen molar-refractivity contribution in [1.29, 1.82) is 5.26 Å². The van der Waals surface area contributed by atoms with Crippen LogP contribution in [0.4, 0.5) is 0 Å². The average molecular weight is 275 g/mol. The van der Waals surface area contributed by atoms with Gasteiger partial charge in [-0.2, -0.15) is 5.26 Å². The van der Waals surface area contributed by atoms with E-state index >= 15 is 0 Å². The van der Waals surface area contributed by atoms with E-state index in [-0.39, 0.29) is 0 Å². The summed E-state index contributed by atoms with van der Waals surface area (Å²) in [7, 11) is 0. The molecule has 1 aromatic heterocycles. The van der Waals surface area contributed by atoms with Gasteiger partial charge in [0.1, 0.15) is 6.07 Å². The van der Waals surface area contributed by atoms with Gasteiger partial charge in [-0.25, -0.2) is 0 Å². The van der Waals surface area contributed by atoms with Crippen molar-refractivity contribution in [3.63, 3.8) is 0 Å². The average Bonchev–Trinajstić information content (AvgIpc) is 2.60. The van der Waals surface area contributed by atoms with Crippen LogP contribution in [-0.2, 0) is 0 Å². The quantitative estimate of drug-likeness (QED) is 0.779. The lowest BCUT2D eigenvalue weighted by Crippen LogP contribution is -2.00. The van der Waals surface area contributed by atoms with Gasteiger partial charge in [-0.1, -0.05) is 6.07 Å². The molecular formula is C13H11BrN2. The predicted molar refractivity (Wildman–Crippen MR) is 67.7 cm³/mol. The molecule has 1 heterocycles. The van der Waals surface area contributed by atoms with E-state index in [9.17, 15) is 0 Å². The van der Waals surface area contributed by atoms with Crippen molar-refractivity contribution in [2.24, 2.45) is 0 Å². The number of nitriles is 1. The van der Waals surface area contributed by atoms with E-state index in [2.05, 4.69) is 52.5 Å². The van der Waals surface area contributed by atoms with Crippen molar-refractivity contribution >= 4 is 15.9 Å². The number of hydrogen-bond acceptors (Lipinski definition) is 1. The Kier molecular flexibility index (Phi) is 2.84. The summed E-state index contributed by atoms with van der Waals surface area (Å²) in [6, 6.07) is 12.0. The van der Waals surface area contributed by atoms with Gasteiger partial charge in [0.05, 0.1) is 15.7 Å². The first-order valence-electron chi connectivity index (χ1n) is 4.99. The monoisotopic (exact) mass is 274 g/mol. The lowest BCUT2D eigenvalue weighted by Gasteiger charge is -2.12. The summed E-state index contributed by atoms with van der Waals surface area (Å²) in [6.07, 6.45) is 0. The van der Waals surface area contributed by atoms with E-state index < -0.39 is 0 Å². The Morgan fingerprint density at radius 1 is 1.12 bits per heavy atom. The third-order valence-electron chi connectivity index (χ3n) is 2.61. The number of hydrogen-bond donors (Lipinski definition) is 0. The highest BCUT2D eigenvalue weighted by atomic mass is 79.9. The Hall–Kier alpha value is -1.53. The van der Waals surface area contributed by atoms with Crippen LogP contribution in [0.25, 0.3) is 5.69 Å². The Morgan fingerprint density at radius 2 is 1.75 bits per heavy atom. The molecular weight excluding hydrogens is 264 g/mol. The van der Waals surface area contributed by atoms with Crippen LogP contribution in [0.1, 0.15) is 17.0 Å². The molecule has 2 aromatic rings. The third kappa shape index (κ3) is 1.66. The third-order valence-corrected chi connectivity index (χ3v) is 3.44. The highest BCUT2D eigenvalue weighted by molar-refractivity contribution is 9.10. The molecule has 2 rings (SSSR count). The first kappa shape index (κ1) is 11.0. The zero-order chi connectivity index (χ0) is 11.7. The van der Waals surface area contributed by atoms with Crippen LogP contribution in [0.15, 0.2) is 34.8 Å². The molecule has 0 aliphatic carbocycles. The van der Waals surface area contributed by atoms with Gasteiger partial charge in [0.15, 0.2) is 0 Å². The fourth-order valence-electron chi connectivity index (χ4n) is 1.83. The van der Waals surface area contributed by atoms with Crippen molar-refractivity contribution in [3.8, 4) is 11.8 Å². The van der Waals surface area contributed by atoms with E-state index in [0.717, 1.165) is 21.5 Å². The Labute approximate surface area is 103 Å². The van der Waals surface area contributed by atoms with Gasteiger partial charge >= 0.3 is 0 Å². The van der Waals surface area contributed by atoms with Crippen LogP contribution < -0.4 is 0 Å². The van der Waals surface area contributed by atoms with Gasteiger partial charge in [0.2, 0.25) is 0 Å². The maximum Gasteiger partial charge on any atom is 0.100 e. The predicted octanol–water partition coefficient (Wildman–Crippen LogP) is 3.73. The summed E-state index contributed by atoms with van der Waals surface area (Å²) in [5, 5.41) is 8.99. The largest absolute Gasteiger partial charge is 0.317 e. The molecule has 0 saturated heterocycles. The van der Waals surface area contributed by atoms with E-state index in [0.29, 0.717) is 5.56 Å². The zero-order valence-corrected chi connectivity index (χ0v) is 10.7. The number of benzene rings is 1. The summed E-state index contributed by atoms with van der Waals surface area (Å²) < 4.78 is 2.98. The minimum absolute atomic E-state index is 0.657. The first-order chi connectivity index (χ1) is 7.65. The number of aryl methyl sites for hydroxylation is 2. The molecule has 0 aliphatic rings. The summed E-state index contributed by atoms with van der Waals surface area (Å²) >= 11 is 3.49. The van der Waals surface area contributed by atoms with Crippen molar-refractivity contribution < 1.29 is 0 Å². The topological polar surface area (TPSA) is 28.7 Å². The second-order valence-electron chi connectivity index (χ2n) is 3.70. The second kappa shape index (κ2) is 4.15. The zero-order valence-electron chi connectivity index (χ0n) is 9.16. The molecule has 0 unspecified atom stereocenters. The van der Waals surface area contributed by atoms with Gasteiger partial charge < -0.3 is 4.57 Å². The molecule has 0 aliphatic heterocycles. The number of rotatable bonds is 1. The molecule has 0 amide bonds. The maximum atomic E-state index is 8.99. The summed E-state index contributed by atoms with van der Waals surface area (Å²) in [6.45, 7) is 4.11. The fourth-order valence-corrected chi connectivity index (χ4v) is 2.36. The standard InChI is InChI=1S/C13H11BrN2/c1-9-6-7-10(2)16(9)12-5-3-4-11(8-15)13(12)14/h3-7H,1-2H3. The van der Waals surface area contributed by atoms with Crippen molar-refractivity contribution in [3.05, 3.63) is 51.8 Å². The molecule has 0 bridgehead atoms. The van der Waals surface area contributed by atoms with Crippen LogP contribution in [0.2, 0.25) is 0 Å². The molecule has 0 N–H and O–H groups in total. The van der Waals surface area contributed by atoms with Crippen LogP contribution in [0.3, 0.4) is 0 Å². The number of nitrogens with zero attached hydrogens (tertiary/aromatic N) is 2. The molecule has 0 spiro atoms. The molecule has 0 saturated carbocycles. The van der Waals surface area contributed by atoms with Crippen molar-refractivity contribution in [1.82, 2.24) is 4.57 Å². The van der Waals surface area contributed by atoms with E-state index in [1.165, 1.54) is 0 Å². The van der Waals surface area contributed by atoms with Crippen LogP contribution in [0, 0.1) is 25.2 Å². The smallest absolute Gasteiger partial charge is 0.100 e. The Balaban J connectivity index is 2.71. The summed E-state index contributed by atoms with van der Waals surface area (Å²) in [5.41, 5.74) is 3.99. The van der Waals surface area contributed by atoms with Gasteiger partial charge in [0, 0.05) is 11.4 Å². The van der Waals surface area contributed by atoms with Gasteiger partial charge in [-0.3, -0.25) is 0 Å². The van der Waals surface area contributed by atoms with E-state index in [1.807, 2.05) is 18.2 Å². The van der Waals surface area contributed by atoms with E-state index in [4.69, 9.17) is 5.26 Å². The number of aromatic nitrogens is 1. The number of halogens is 1. The molecule has 1 aromatic carbocycles. The summed E-state index contributed by atoms with van der Waals surface area (Å²) in [4.78, 5) is 0. The molecule has 16 heavy (non-hydrogen) atoms. The molecule has 2 nitrogen and oxygen atoms in total. The lowest BCUT2D eigenvalue weighted by atomic mass is 10.2. The molecule has 0 fully saturated rings. The fraction of sp³-hybridized carbons (Fsp3) is 0.154. The Bertz CT molecular complexity index is 557. The molecule has 0 atom stereocenters. The van der Waals surface area contributed by atoms with Crippen molar-refractivity contribution in [2.45, 2.75) is 13.8 Å². The van der Waals surface area contributed by atoms with E-state index in [1.54, 1.807) is 0 Å². The second-order valence-corrected chi connectivity index (χ2v) is 4.49. The molecule has 0 radical (unpaired) electrons. The van der Waals surface area contributed by atoms with Crippen LogP contribution >= 0.6 is 15.9 Å². The van der Waals surface area contributed by atoms with Crippen molar-refractivity contribution in [2.75, 3.05) is 0 Å². The SMILES string of the molecule is Cc1ccc(C)n1-c1cccc(C#N)c1Br. The molecule has 80 valence electrons. The van der Waals surface area contributed by atoms with Gasteiger partial charge in [0.25, 0.3) is 0 Å². The minimum atomic E-state index is 0.657. The highest BCUT2D eigenvalue weighted by Gasteiger charge is 2.10. The van der Waals surface area contributed by atoms with Gasteiger partial charge in [-0.05, 0) is 54.0 Å². The van der Waals surface area contributed by atoms with Gasteiger partial charge in [-0.15, -0.1) is 0 Å². The highest BCUT2D eigenvalue weighted by Crippen LogP contribution is 2.27.